The van der Waals surface area contributed by atoms with Gasteiger partial charge in [0.15, 0.2) is 0 Å². The second kappa shape index (κ2) is 4.93. The van der Waals surface area contributed by atoms with E-state index in [4.69, 9.17) is 0 Å². The second-order valence-corrected chi connectivity index (χ2v) is 2.13. The highest BCUT2D eigenvalue weighted by atomic mass is 16.2. The highest BCUT2D eigenvalue weighted by Crippen LogP contribution is 1.83. The number of nitrogens with zero attached hydrogens (tertiary/aromatic N) is 1. The van der Waals surface area contributed by atoms with Gasteiger partial charge < -0.3 is 4.79 Å². The number of amides is 1. The lowest BCUT2D eigenvalue weighted by molar-refractivity contribution is -0.126. The van der Waals surface area contributed by atoms with E-state index < -0.39 is 0 Å². The molecule has 0 aromatic carbocycles. The van der Waals surface area contributed by atoms with E-state index in [1.54, 1.807) is 19.1 Å². The van der Waals surface area contributed by atoms with E-state index in [1.165, 1.54) is 0 Å². The summed E-state index contributed by atoms with van der Waals surface area (Å²) in [6.45, 7) is 0. The lowest BCUT2D eigenvalue weighted by atomic mass is 10.3. The van der Waals surface area contributed by atoms with E-state index in [9.17, 15) is 9.59 Å². The number of hydrazine groups is 1. The Labute approximate surface area is 60.2 Å². The summed E-state index contributed by atoms with van der Waals surface area (Å²) < 4.78 is 0. The summed E-state index contributed by atoms with van der Waals surface area (Å²) in [5, 5.41) is 1.55. The largest absolute Gasteiger partial charge is 0.303 e. The van der Waals surface area contributed by atoms with Gasteiger partial charge in [0, 0.05) is 26.9 Å². The van der Waals surface area contributed by atoms with Crippen molar-refractivity contribution in [2.24, 2.45) is 0 Å². The molecule has 0 aliphatic rings. The maximum Gasteiger partial charge on any atom is 0.234 e. The number of rotatable bonds is 4. The molecule has 0 aliphatic carbocycles. The van der Waals surface area contributed by atoms with Crippen molar-refractivity contribution in [1.82, 2.24) is 10.4 Å². The zero-order chi connectivity index (χ0) is 7.98. The van der Waals surface area contributed by atoms with Gasteiger partial charge in [0.2, 0.25) is 5.91 Å². The second-order valence-electron chi connectivity index (χ2n) is 2.13. The van der Waals surface area contributed by atoms with Crippen LogP contribution in [0.1, 0.15) is 12.8 Å². The molecule has 58 valence electrons. The van der Waals surface area contributed by atoms with Gasteiger partial charge >= 0.3 is 0 Å². The number of nitrogens with one attached hydrogen (secondary N) is 1. The van der Waals surface area contributed by atoms with Gasteiger partial charge in [-0.1, -0.05) is 0 Å². The molecule has 0 unspecified atom stereocenters. The Morgan fingerprint density at radius 1 is 1.60 bits per heavy atom. The normalized spacial score (nSPS) is 9.50. The van der Waals surface area contributed by atoms with Crippen molar-refractivity contribution in [3.8, 4) is 0 Å². The van der Waals surface area contributed by atoms with Gasteiger partial charge in [-0.2, -0.15) is 0 Å². The quantitative estimate of drug-likeness (QED) is 0.430. The highest BCUT2D eigenvalue weighted by molar-refractivity contribution is 5.77. The third-order valence-corrected chi connectivity index (χ3v) is 0.838. The third-order valence-electron chi connectivity index (χ3n) is 0.838. The van der Waals surface area contributed by atoms with Crippen LogP contribution in [0.15, 0.2) is 0 Å². The molecule has 0 fully saturated rings. The molecule has 0 aliphatic heterocycles. The molecule has 0 rings (SSSR count). The van der Waals surface area contributed by atoms with Crippen molar-refractivity contribution >= 4 is 12.2 Å². The third kappa shape index (κ3) is 5.24. The standard InChI is InChI=1S/C6H12N2O2/c1-8(2)7-6(10)4-3-5-9/h5H,3-4H2,1-2H3,(H,7,10). The van der Waals surface area contributed by atoms with Crippen molar-refractivity contribution in [1.29, 1.82) is 0 Å². The van der Waals surface area contributed by atoms with Crippen molar-refractivity contribution < 1.29 is 9.59 Å². The van der Waals surface area contributed by atoms with Crippen LogP contribution in [-0.2, 0) is 9.59 Å². The average molecular weight is 144 g/mol. The SMILES string of the molecule is CN(C)NC(=O)CCC=O. The Morgan fingerprint density at radius 2 is 2.20 bits per heavy atom. The van der Waals surface area contributed by atoms with Crippen LogP contribution in [0.4, 0.5) is 0 Å². The lowest BCUT2D eigenvalue weighted by Crippen LogP contribution is -2.35. The maximum atomic E-state index is 10.7. The Balaban J connectivity index is 3.34. The van der Waals surface area contributed by atoms with E-state index in [0.29, 0.717) is 6.42 Å². The Hall–Kier alpha value is -0.900. The van der Waals surface area contributed by atoms with Crippen LogP contribution in [0.3, 0.4) is 0 Å². The molecule has 0 spiro atoms. The van der Waals surface area contributed by atoms with Gasteiger partial charge in [-0.25, -0.2) is 5.01 Å². The minimum atomic E-state index is -0.128. The summed E-state index contributed by atoms with van der Waals surface area (Å²) in [7, 11) is 3.44. The van der Waals surface area contributed by atoms with Crippen LogP contribution in [0.2, 0.25) is 0 Å². The number of carbonyl (C=O) groups is 2. The fourth-order valence-corrected chi connectivity index (χ4v) is 0.495. The van der Waals surface area contributed by atoms with Crippen LogP contribution in [0, 0.1) is 0 Å². The molecular formula is C6H12N2O2. The molecule has 0 aromatic rings. The summed E-state index contributed by atoms with van der Waals surface area (Å²) in [5.74, 6) is -0.128. The number of aldehydes is 1. The molecule has 0 radical (unpaired) electrons. The van der Waals surface area contributed by atoms with E-state index in [-0.39, 0.29) is 12.3 Å². The molecule has 0 aromatic heterocycles. The molecule has 4 heteroatoms. The van der Waals surface area contributed by atoms with E-state index in [2.05, 4.69) is 5.43 Å². The zero-order valence-electron chi connectivity index (χ0n) is 6.26. The molecule has 1 N–H and O–H groups in total. The molecule has 10 heavy (non-hydrogen) atoms. The average Bonchev–Trinajstić information content (AvgIpc) is 1.82. The number of hydrogen-bond acceptors (Lipinski definition) is 3. The highest BCUT2D eigenvalue weighted by Gasteiger charge is 1.99. The Morgan fingerprint density at radius 3 is 2.60 bits per heavy atom. The van der Waals surface area contributed by atoms with E-state index >= 15 is 0 Å². The first kappa shape index (κ1) is 9.10. The minimum absolute atomic E-state index is 0.128. The summed E-state index contributed by atoms with van der Waals surface area (Å²) in [4.78, 5) is 20.5. The van der Waals surface area contributed by atoms with Gasteiger partial charge in [-0.3, -0.25) is 10.2 Å². The van der Waals surface area contributed by atoms with Crippen molar-refractivity contribution in [3.05, 3.63) is 0 Å². The molecular weight excluding hydrogens is 132 g/mol. The predicted molar refractivity (Wildman–Crippen MR) is 37.1 cm³/mol. The first-order valence-corrected chi connectivity index (χ1v) is 3.07. The summed E-state index contributed by atoms with van der Waals surface area (Å²) >= 11 is 0. The van der Waals surface area contributed by atoms with Crippen LogP contribution >= 0.6 is 0 Å². The van der Waals surface area contributed by atoms with Gasteiger partial charge in [0.25, 0.3) is 0 Å². The molecule has 0 saturated carbocycles. The first-order chi connectivity index (χ1) is 4.66. The monoisotopic (exact) mass is 144 g/mol. The van der Waals surface area contributed by atoms with Crippen LogP contribution in [0.5, 0.6) is 0 Å². The van der Waals surface area contributed by atoms with Gasteiger partial charge in [-0.15, -0.1) is 0 Å². The van der Waals surface area contributed by atoms with Gasteiger partial charge in [-0.05, 0) is 0 Å². The summed E-state index contributed by atoms with van der Waals surface area (Å²) in [5.41, 5.74) is 2.51. The van der Waals surface area contributed by atoms with Crippen molar-refractivity contribution in [3.63, 3.8) is 0 Å². The molecule has 0 atom stereocenters. The fraction of sp³-hybridized carbons (Fsp3) is 0.667. The number of carbonyl (C=O) groups excluding carboxylic acids is 2. The molecule has 1 amide bonds. The van der Waals surface area contributed by atoms with Crippen LogP contribution in [0.25, 0.3) is 0 Å². The minimum Gasteiger partial charge on any atom is -0.303 e. The molecule has 0 bridgehead atoms. The summed E-state index contributed by atoms with van der Waals surface area (Å²) in [6.07, 6.45) is 1.29. The van der Waals surface area contributed by atoms with Gasteiger partial charge in [0.1, 0.15) is 6.29 Å². The maximum absolute atomic E-state index is 10.7. The van der Waals surface area contributed by atoms with Crippen molar-refractivity contribution in [2.45, 2.75) is 12.8 Å². The molecule has 4 nitrogen and oxygen atoms in total. The smallest absolute Gasteiger partial charge is 0.234 e. The lowest BCUT2D eigenvalue weighted by Gasteiger charge is -2.10. The topological polar surface area (TPSA) is 49.4 Å². The van der Waals surface area contributed by atoms with Crippen molar-refractivity contribution in [2.75, 3.05) is 14.1 Å². The Bertz CT molecular complexity index is 123. The fourth-order valence-electron chi connectivity index (χ4n) is 0.495. The molecule has 0 saturated heterocycles. The van der Waals surface area contributed by atoms with Crippen LogP contribution < -0.4 is 5.43 Å². The zero-order valence-corrected chi connectivity index (χ0v) is 6.26. The molecule has 0 heterocycles. The van der Waals surface area contributed by atoms with E-state index in [1.807, 2.05) is 0 Å². The van der Waals surface area contributed by atoms with Crippen LogP contribution in [-0.4, -0.2) is 31.3 Å². The Kier molecular flexibility index (Phi) is 4.49. The predicted octanol–water partition coefficient (Wildman–Crippen LogP) is -0.442. The van der Waals surface area contributed by atoms with E-state index in [0.717, 1.165) is 6.29 Å². The summed E-state index contributed by atoms with van der Waals surface area (Å²) in [6, 6.07) is 0. The first-order valence-electron chi connectivity index (χ1n) is 3.07. The number of hydrogen-bond donors (Lipinski definition) is 1. The van der Waals surface area contributed by atoms with Gasteiger partial charge in [0.05, 0.1) is 0 Å².